The molecule has 0 saturated heterocycles. The first-order chi connectivity index (χ1) is 6.54. The van der Waals surface area contributed by atoms with Crippen molar-refractivity contribution >= 4 is 0 Å². The Labute approximate surface area is 86.6 Å². The second kappa shape index (κ2) is 4.60. The molecular formula is C11H23NO2. The number of rotatable bonds is 4. The Bertz CT molecular complexity index is 186. The van der Waals surface area contributed by atoms with Crippen molar-refractivity contribution in [3.05, 3.63) is 0 Å². The van der Waals surface area contributed by atoms with E-state index in [0.29, 0.717) is 12.5 Å². The zero-order valence-electron chi connectivity index (χ0n) is 9.49. The third kappa shape index (κ3) is 2.10. The lowest BCUT2D eigenvalue weighted by Crippen LogP contribution is -2.38. The molecule has 1 fully saturated rings. The van der Waals surface area contributed by atoms with Crippen molar-refractivity contribution in [2.45, 2.75) is 52.4 Å². The Hall–Kier alpha value is -0.120. The SMILES string of the molecule is CCOC(O)C1(C)C[C@H](N)C[C@@H]1CC. The largest absolute Gasteiger partial charge is 0.367 e. The van der Waals surface area contributed by atoms with E-state index in [2.05, 4.69) is 13.8 Å². The Kier molecular flexibility index (Phi) is 3.93. The van der Waals surface area contributed by atoms with Crippen LogP contribution in [0.15, 0.2) is 0 Å². The molecule has 0 aromatic heterocycles. The van der Waals surface area contributed by atoms with Crippen LogP contribution in [0.2, 0.25) is 0 Å². The number of nitrogens with two attached hydrogens (primary N) is 1. The van der Waals surface area contributed by atoms with Gasteiger partial charge in [0.2, 0.25) is 0 Å². The number of hydrogen-bond donors (Lipinski definition) is 2. The predicted octanol–water partition coefficient (Wildman–Crippen LogP) is 1.49. The predicted molar refractivity (Wildman–Crippen MR) is 56.7 cm³/mol. The van der Waals surface area contributed by atoms with Gasteiger partial charge < -0.3 is 15.6 Å². The van der Waals surface area contributed by atoms with Gasteiger partial charge in [-0.15, -0.1) is 0 Å². The zero-order valence-corrected chi connectivity index (χ0v) is 9.49. The average Bonchev–Trinajstić information content (AvgIpc) is 2.43. The second-order valence-electron chi connectivity index (χ2n) is 4.62. The van der Waals surface area contributed by atoms with E-state index in [-0.39, 0.29) is 11.5 Å². The minimum absolute atomic E-state index is 0.149. The lowest BCUT2D eigenvalue weighted by molar-refractivity contribution is -0.179. The summed E-state index contributed by atoms with van der Waals surface area (Å²) < 4.78 is 5.31. The Balaban J connectivity index is 2.69. The second-order valence-corrected chi connectivity index (χ2v) is 4.62. The summed E-state index contributed by atoms with van der Waals surface area (Å²) in [5.41, 5.74) is 5.79. The first-order valence-electron chi connectivity index (χ1n) is 5.59. The molecule has 0 aromatic carbocycles. The van der Waals surface area contributed by atoms with Gasteiger partial charge in [0.15, 0.2) is 6.29 Å². The first kappa shape index (κ1) is 12.0. The van der Waals surface area contributed by atoms with Gasteiger partial charge >= 0.3 is 0 Å². The lowest BCUT2D eigenvalue weighted by atomic mass is 9.77. The molecule has 0 amide bonds. The summed E-state index contributed by atoms with van der Waals surface area (Å²) in [6.07, 6.45) is 2.28. The van der Waals surface area contributed by atoms with Crippen molar-refractivity contribution in [1.29, 1.82) is 0 Å². The molecule has 0 bridgehead atoms. The third-order valence-electron chi connectivity index (χ3n) is 3.60. The van der Waals surface area contributed by atoms with Crippen molar-refractivity contribution in [2.75, 3.05) is 6.61 Å². The summed E-state index contributed by atoms with van der Waals surface area (Å²) in [5, 5.41) is 9.95. The molecule has 3 heteroatoms. The standard InChI is InChI=1S/C11H23NO2/c1-4-8-6-9(12)7-11(8,3)10(13)14-5-2/h8-10,13H,4-7,12H2,1-3H3/t8-,9+,10?,11?/m0/s1. The smallest absolute Gasteiger partial charge is 0.160 e. The number of aliphatic hydroxyl groups is 1. The number of hydrogen-bond acceptors (Lipinski definition) is 3. The lowest BCUT2D eigenvalue weighted by Gasteiger charge is -2.35. The highest BCUT2D eigenvalue weighted by molar-refractivity contribution is 4.95. The highest BCUT2D eigenvalue weighted by atomic mass is 16.6. The summed E-state index contributed by atoms with van der Waals surface area (Å²) in [5.74, 6) is 0.485. The summed E-state index contributed by atoms with van der Waals surface area (Å²) in [7, 11) is 0. The molecule has 0 radical (unpaired) electrons. The molecule has 14 heavy (non-hydrogen) atoms. The van der Waals surface area contributed by atoms with Crippen LogP contribution in [0.25, 0.3) is 0 Å². The fourth-order valence-electron chi connectivity index (χ4n) is 2.73. The van der Waals surface area contributed by atoms with Crippen LogP contribution in [0.5, 0.6) is 0 Å². The Morgan fingerprint density at radius 2 is 2.21 bits per heavy atom. The fraction of sp³-hybridized carbons (Fsp3) is 1.00. The molecule has 1 aliphatic carbocycles. The van der Waals surface area contributed by atoms with Gasteiger partial charge in [0.25, 0.3) is 0 Å². The summed E-state index contributed by atoms with van der Waals surface area (Å²) in [6.45, 7) is 6.71. The topological polar surface area (TPSA) is 55.5 Å². The molecule has 0 heterocycles. The molecule has 2 unspecified atom stereocenters. The average molecular weight is 201 g/mol. The minimum atomic E-state index is -0.661. The molecule has 0 spiro atoms. The van der Waals surface area contributed by atoms with Gasteiger partial charge in [-0.3, -0.25) is 0 Å². The zero-order chi connectivity index (χ0) is 10.8. The quantitative estimate of drug-likeness (QED) is 0.678. The van der Waals surface area contributed by atoms with Crippen molar-refractivity contribution in [2.24, 2.45) is 17.1 Å². The van der Waals surface area contributed by atoms with Gasteiger partial charge in [-0.05, 0) is 25.7 Å². The first-order valence-corrected chi connectivity index (χ1v) is 5.59. The molecular weight excluding hydrogens is 178 g/mol. The molecule has 3 N–H and O–H groups in total. The van der Waals surface area contributed by atoms with Gasteiger partial charge in [-0.1, -0.05) is 20.3 Å². The fourth-order valence-corrected chi connectivity index (χ4v) is 2.73. The van der Waals surface area contributed by atoms with E-state index in [4.69, 9.17) is 10.5 Å². The van der Waals surface area contributed by atoms with Crippen LogP contribution in [0, 0.1) is 11.3 Å². The van der Waals surface area contributed by atoms with E-state index in [1.54, 1.807) is 0 Å². The molecule has 1 rings (SSSR count). The maximum atomic E-state index is 9.95. The van der Waals surface area contributed by atoms with Gasteiger partial charge in [0.05, 0.1) is 0 Å². The maximum absolute atomic E-state index is 9.95. The summed E-state index contributed by atoms with van der Waals surface area (Å²) in [6, 6.07) is 0.222. The molecule has 3 nitrogen and oxygen atoms in total. The minimum Gasteiger partial charge on any atom is -0.367 e. The van der Waals surface area contributed by atoms with Gasteiger partial charge in [-0.2, -0.15) is 0 Å². The summed E-state index contributed by atoms with van der Waals surface area (Å²) >= 11 is 0. The normalized spacial score (nSPS) is 40.1. The summed E-state index contributed by atoms with van der Waals surface area (Å²) in [4.78, 5) is 0. The molecule has 84 valence electrons. The van der Waals surface area contributed by atoms with E-state index < -0.39 is 6.29 Å². The third-order valence-corrected chi connectivity index (χ3v) is 3.60. The molecule has 1 aliphatic rings. The van der Waals surface area contributed by atoms with Crippen LogP contribution in [0.4, 0.5) is 0 Å². The van der Waals surface area contributed by atoms with Gasteiger partial charge in [0.1, 0.15) is 0 Å². The van der Waals surface area contributed by atoms with Crippen LogP contribution in [0.1, 0.15) is 40.0 Å². The van der Waals surface area contributed by atoms with Crippen molar-refractivity contribution < 1.29 is 9.84 Å². The van der Waals surface area contributed by atoms with E-state index in [9.17, 15) is 5.11 Å². The maximum Gasteiger partial charge on any atom is 0.160 e. The van der Waals surface area contributed by atoms with E-state index in [0.717, 1.165) is 19.3 Å². The van der Waals surface area contributed by atoms with Crippen LogP contribution < -0.4 is 5.73 Å². The monoisotopic (exact) mass is 201 g/mol. The molecule has 4 atom stereocenters. The highest BCUT2D eigenvalue weighted by Crippen LogP contribution is 2.46. The highest BCUT2D eigenvalue weighted by Gasteiger charge is 2.47. The van der Waals surface area contributed by atoms with E-state index >= 15 is 0 Å². The number of ether oxygens (including phenoxy) is 1. The Morgan fingerprint density at radius 1 is 1.57 bits per heavy atom. The van der Waals surface area contributed by atoms with Crippen molar-refractivity contribution in [3.63, 3.8) is 0 Å². The van der Waals surface area contributed by atoms with Crippen molar-refractivity contribution in [3.8, 4) is 0 Å². The molecule has 0 aromatic rings. The molecule has 1 saturated carbocycles. The van der Waals surface area contributed by atoms with Gasteiger partial charge in [-0.25, -0.2) is 0 Å². The van der Waals surface area contributed by atoms with Gasteiger partial charge in [0, 0.05) is 18.1 Å². The Morgan fingerprint density at radius 3 is 2.71 bits per heavy atom. The van der Waals surface area contributed by atoms with Crippen LogP contribution in [-0.2, 0) is 4.74 Å². The van der Waals surface area contributed by atoms with E-state index in [1.165, 1.54) is 0 Å². The van der Waals surface area contributed by atoms with E-state index in [1.807, 2.05) is 6.92 Å². The van der Waals surface area contributed by atoms with Crippen LogP contribution in [-0.4, -0.2) is 24.0 Å². The number of aliphatic hydroxyl groups excluding tert-OH is 1. The van der Waals surface area contributed by atoms with Crippen LogP contribution in [0.3, 0.4) is 0 Å². The van der Waals surface area contributed by atoms with Crippen LogP contribution >= 0.6 is 0 Å². The van der Waals surface area contributed by atoms with Crippen molar-refractivity contribution in [1.82, 2.24) is 0 Å². The molecule has 0 aliphatic heterocycles.